The van der Waals surface area contributed by atoms with Crippen molar-refractivity contribution in [2.24, 2.45) is 0 Å². The maximum atomic E-state index is 3.68. The summed E-state index contributed by atoms with van der Waals surface area (Å²) in [5.74, 6) is 0. The first-order valence-corrected chi connectivity index (χ1v) is 8.31. The van der Waals surface area contributed by atoms with Gasteiger partial charge in [-0.1, -0.05) is 59.0 Å². The summed E-state index contributed by atoms with van der Waals surface area (Å²) in [7, 11) is 0. The van der Waals surface area contributed by atoms with E-state index < -0.39 is 0 Å². The van der Waals surface area contributed by atoms with Crippen LogP contribution in [0.2, 0.25) is 0 Å². The van der Waals surface area contributed by atoms with E-state index in [0.717, 1.165) is 0 Å². The lowest BCUT2D eigenvalue weighted by Crippen LogP contribution is -2.29. The van der Waals surface area contributed by atoms with Crippen LogP contribution < -0.4 is 0 Å². The largest absolute Gasteiger partial charge is 0.0836 e. The molecule has 1 aromatic carbocycles. The van der Waals surface area contributed by atoms with Crippen molar-refractivity contribution in [1.29, 1.82) is 0 Å². The molecule has 1 fully saturated rings. The molecule has 0 saturated heterocycles. The van der Waals surface area contributed by atoms with Gasteiger partial charge >= 0.3 is 0 Å². The Morgan fingerprint density at radius 3 is 2.74 bits per heavy atom. The molecule has 1 heteroatoms. The predicted octanol–water partition coefficient (Wildman–Crippen LogP) is 5.77. The third kappa shape index (κ3) is 1.64. The molecule has 19 heavy (non-hydrogen) atoms. The summed E-state index contributed by atoms with van der Waals surface area (Å²) in [4.78, 5) is 0. The summed E-state index contributed by atoms with van der Waals surface area (Å²) >= 11 is 3.68. The second-order valence-corrected chi connectivity index (χ2v) is 7.08. The molecular weight excluding hydrogens is 296 g/mol. The summed E-state index contributed by atoms with van der Waals surface area (Å²) < 4.78 is 1.24. The van der Waals surface area contributed by atoms with Crippen molar-refractivity contribution in [2.75, 3.05) is 0 Å². The molecule has 0 aliphatic heterocycles. The SMILES string of the molecule is Brc1ccc2c(c1)C1(CCCCC1)C1=C2C=CCC1. The number of hydrogen-bond donors (Lipinski definition) is 0. The molecule has 0 amide bonds. The van der Waals surface area contributed by atoms with E-state index in [0.29, 0.717) is 5.41 Å². The van der Waals surface area contributed by atoms with E-state index in [4.69, 9.17) is 0 Å². The Labute approximate surface area is 123 Å². The zero-order chi connectivity index (χ0) is 12.9. The number of rotatable bonds is 0. The van der Waals surface area contributed by atoms with Crippen molar-refractivity contribution in [3.63, 3.8) is 0 Å². The highest BCUT2D eigenvalue weighted by atomic mass is 79.9. The first kappa shape index (κ1) is 12.0. The van der Waals surface area contributed by atoms with Gasteiger partial charge in [-0.15, -0.1) is 0 Å². The lowest BCUT2D eigenvalue weighted by molar-refractivity contribution is 0.338. The van der Waals surface area contributed by atoms with Crippen LogP contribution in [-0.2, 0) is 5.41 Å². The number of fused-ring (bicyclic) bond motifs is 4. The summed E-state index contributed by atoms with van der Waals surface area (Å²) in [6.45, 7) is 0. The van der Waals surface area contributed by atoms with Crippen molar-refractivity contribution >= 4 is 21.5 Å². The average Bonchev–Trinajstić information content (AvgIpc) is 2.71. The van der Waals surface area contributed by atoms with E-state index in [1.54, 1.807) is 16.7 Å². The van der Waals surface area contributed by atoms with Gasteiger partial charge in [0.2, 0.25) is 0 Å². The quantitative estimate of drug-likeness (QED) is 0.570. The molecule has 0 radical (unpaired) electrons. The maximum Gasteiger partial charge on any atom is 0.0178 e. The normalized spacial score (nSPS) is 23.6. The maximum absolute atomic E-state index is 3.68. The summed E-state index contributed by atoms with van der Waals surface area (Å²) in [5.41, 5.74) is 6.81. The van der Waals surface area contributed by atoms with Crippen LogP contribution in [0.3, 0.4) is 0 Å². The van der Waals surface area contributed by atoms with Crippen LogP contribution in [0.1, 0.15) is 56.1 Å². The van der Waals surface area contributed by atoms with Gasteiger partial charge in [0, 0.05) is 9.89 Å². The summed E-state index contributed by atoms with van der Waals surface area (Å²) in [6.07, 6.45) is 14.2. The van der Waals surface area contributed by atoms with Crippen molar-refractivity contribution in [3.05, 3.63) is 51.5 Å². The molecule has 98 valence electrons. The first-order chi connectivity index (χ1) is 9.31. The Hall–Kier alpha value is -0.820. The lowest BCUT2D eigenvalue weighted by Gasteiger charge is -2.38. The highest BCUT2D eigenvalue weighted by Crippen LogP contribution is 2.57. The van der Waals surface area contributed by atoms with Gasteiger partial charge in [0.25, 0.3) is 0 Å². The Kier molecular flexibility index (Phi) is 2.73. The second kappa shape index (κ2) is 4.34. The zero-order valence-corrected chi connectivity index (χ0v) is 12.8. The van der Waals surface area contributed by atoms with Gasteiger partial charge in [0.1, 0.15) is 0 Å². The van der Waals surface area contributed by atoms with E-state index >= 15 is 0 Å². The van der Waals surface area contributed by atoms with Crippen molar-refractivity contribution in [3.8, 4) is 0 Å². The minimum atomic E-state index is 0.386. The van der Waals surface area contributed by atoms with Crippen LogP contribution in [-0.4, -0.2) is 0 Å². The molecular formula is C18H19Br. The third-order valence-electron chi connectivity index (χ3n) is 5.24. The number of allylic oxidation sites excluding steroid dienone is 4. The molecule has 0 nitrogen and oxygen atoms in total. The van der Waals surface area contributed by atoms with Gasteiger partial charge in [-0.25, -0.2) is 0 Å². The second-order valence-electron chi connectivity index (χ2n) is 6.17. The predicted molar refractivity (Wildman–Crippen MR) is 84.2 cm³/mol. The smallest absolute Gasteiger partial charge is 0.0178 e. The minimum Gasteiger partial charge on any atom is -0.0836 e. The Morgan fingerprint density at radius 2 is 1.89 bits per heavy atom. The van der Waals surface area contributed by atoms with E-state index in [9.17, 15) is 0 Å². The molecule has 0 aromatic heterocycles. The average molecular weight is 315 g/mol. The fraction of sp³-hybridized carbons (Fsp3) is 0.444. The zero-order valence-electron chi connectivity index (χ0n) is 11.2. The minimum absolute atomic E-state index is 0.386. The highest BCUT2D eigenvalue weighted by Gasteiger charge is 2.44. The molecule has 4 rings (SSSR count). The molecule has 0 N–H and O–H groups in total. The Balaban J connectivity index is 1.96. The molecule has 1 aromatic rings. The van der Waals surface area contributed by atoms with E-state index in [2.05, 4.69) is 46.3 Å². The van der Waals surface area contributed by atoms with Gasteiger partial charge in [0.15, 0.2) is 0 Å². The van der Waals surface area contributed by atoms with E-state index in [-0.39, 0.29) is 0 Å². The molecule has 3 aliphatic rings. The van der Waals surface area contributed by atoms with Crippen molar-refractivity contribution in [1.82, 2.24) is 0 Å². The van der Waals surface area contributed by atoms with Gasteiger partial charge in [-0.3, -0.25) is 0 Å². The molecule has 0 unspecified atom stereocenters. The Bertz CT molecular complexity index is 586. The molecule has 3 aliphatic carbocycles. The van der Waals surface area contributed by atoms with Crippen LogP contribution in [0.25, 0.3) is 5.57 Å². The fourth-order valence-electron chi connectivity index (χ4n) is 4.45. The van der Waals surface area contributed by atoms with Crippen molar-refractivity contribution < 1.29 is 0 Å². The van der Waals surface area contributed by atoms with E-state index in [1.165, 1.54) is 55.0 Å². The monoisotopic (exact) mass is 314 g/mol. The van der Waals surface area contributed by atoms with Gasteiger partial charge < -0.3 is 0 Å². The number of benzene rings is 1. The van der Waals surface area contributed by atoms with Crippen LogP contribution in [0.5, 0.6) is 0 Å². The summed E-state index contributed by atoms with van der Waals surface area (Å²) in [6, 6.07) is 6.92. The van der Waals surface area contributed by atoms with Crippen molar-refractivity contribution in [2.45, 2.75) is 50.4 Å². The number of hydrogen-bond acceptors (Lipinski definition) is 0. The Morgan fingerprint density at radius 1 is 1.05 bits per heavy atom. The van der Waals surface area contributed by atoms with Crippen LogP contribution >= 0.6 is 15.9 Å². The highest BCUT2D eigenvalue weighted by molar-refractivity contribution is 9.10. The lowest BCUT2D eigenvalue weighted by atomic mass is 9.66. The number of halogens is 1. The van der Waals surface area contributed by atoms with Crippen LogP contribution in [0, 0.1) is 0 Å². The standard InChI is InChI=1S/C18H19Br/c19-13-8-9-15-14-6-2-3-7-16(14)18(17(15)12-13)10-4-1-5-11-18/h2,6,8-9,12H,1,3-5,7,10-11H2. The van der Waals surface area contributed by atoms with Gasteiger partial charge in [0.05, 0.1) is 0 Å². The molecule has 0 atom stereocenters. The molecule has 1 spiro atoms. The fourth-order valence-corrected chi connectivity index (χ4v) is 4.81. The molecule has 0 bridgehead atoms. The van der Waals surface area contributed by atoms with Crippen LogP contribution in [0.15, 0.2) is 40.4 Å². The third-order valence-corrected chi connectivity index (χ3v) is 5.74. The van der Waals surface area contributed by atoms with Crippen LogP contribution in [0.4, 0.5) is 0 Å². The first-order valence-electron chi connectivity index (χ1n) is 7.52. The van der Waals surface area contributed by atoms with Gasteiger partial charge in [-0.2, -0.15) is 0 Å². The molecule has 1 saturated carbocycles. The summed E-state index contributed by atoms with van der Waals surface area (Å²) in [5, 5.41) is 0. The van der Waals surface area contributed by atoms with E-state index in [1.807, 2.05) is 0 Å². The topological polar surface area (TPSA) is 0 Å². The van der Waals surface area contributed by atoms with Gasteiger partial charge in [-0.05, 0) is 54.5 Å². The molecule has 0 heterocycles.